The molecule has 0 aliphatic carbocycles. The highest BCUT2D eigenvalue weighted by molar-refractivity contribution is 5.91. The van der Waals surface area contributed by atoms with Crippen LogP contribution in [0.2, 0.25) is 0 Å². The number of aromatic nitrogens is 1. The summed E-state index contributed by atoms with van der Waals surface area (Å²) < 4.78 is 46.6. The number of esters is 1. The van der Waals surface area contributed by atoms with E-state index in [0.717, 1.165) is 5.56 Å². The molecule has 2 aromatic rings. The lowest BCUT2D eigenvalue weighted by atomic mass is 9.99. The van der Waals surface area contributed by atoms with Crippen LogP contribution in [0.3, 0.4) is 0 Å². The molecule has 1 aliphatic heterocycles. The van der Waals surface area contributed by atoms with Crippen LogP contribution in [-0.4, -0.2) is 41.9 Å². The molecule has 7 nitrogen and oxygen atoms in total. The van der Waals surface area contributed by atoms with E-state index in [9.17, 15) is 27.9 Å². The summed E-state index contributed by atoms with van der Waals surface area (Å²) in [6, 6.07) is 1.66. The van der Waals surface area contributed by atoms with Crippen LogP contribution in [0, 0.1) is 0 Å². The number of hydrogen-bond donors (Lipinski definition) is 3. The van der Waals surface area contributed by atoms with Gasteiger partial charge in [0.05, 0.1) is 7.11 Å². The summed E-state index contributed by atoms with van der Waals surface area (Å²) in [5.41, 5.74) is 1.49. The molecule has 0 fully saturated rings. The van der Waals surface area contributed by atoms with Gasteiger partial charge in [-0.2, -0.15) is 13.2 Å². The molecule has 1 unspecified atom stereocenters. The molecule has 0 spiro atoms. The lowest BCUT2D eigenvalue weighted by Crippen LogP contribution is -2.34. The number of carboxylic acids is 1. The molecule has 1 aromatic carbocycles. The third kappa shape index (κ3) is 3.00. The first-order valence-electron chi connectivity index (χ1n) is 7.20. The van der Waals surface area contributed by atoms with Crippen molar-refractivity contribution in [3.8, 4) is 11.5 Å². The second-order valence-corrected chi connectivity index (χ2v) is 5.43. The quantitative estimate of drug-likeness (QED) is 0.573. The number of carbonyl (C=O) groups excluding carboxylic acids is 1. The van der Waals surface area contributed by atoms with Crippen molar-refractivity contribution in [3.05, 3.63) is 23.4 Å². The molecule has 2 heterocycles. The number of benzene rings is 1. The highest BCUT2D eigenvalue weighted by atomic mass is 19.4. The first-order chi connectivity index (χ1) is 11.7. The molecule has 0 saturated carbocycles. The SMILES string of the molecule is COc1cc2c3c([nH]c2cc1OC(=O)C(F)(F)F)C(C(=O)O)NCC3. The number of hydrogen-bond acceptors (Lipinski definition) is 5. The standard InChI is InChI=1S/C15H13F3N2O5/c1-24-9-4-7-6-2-3-19-12(13(21)22)11(6)20-8(7)5-10(9)25-14(23)15(16,17)18/h4-5,12,19-20H,2-3H2,1H3,(H,21,22). The Labute approximate surface area is 138 Å². The summed E-state index contributed by atoms with van der Waals surface area (Å²) in [5, 5.41) is 12.7. The number of ether oxygens (including phenoxy) is 2. The second-order valence-electron chi connectivity index (χ2n) is 5.43. The van der Waals surface area contributed by atoms with E-state index in [4.69, 9.17) is 4.74 Å². The van der Waals surface area contributed by atoms with Gasteiger partial charge in [0, 0.05) is 29.2 Å². The molecule has 3 N–H and O–H groups in total. The fraction of sp³-hybridized carbons (Fsp3) is 0.333. The van der Waals surface area contributed by atoms with Crippen molar-refractivity contribution in [2.24, 2.45) is 0 Å². The third-order valence-corrected chi connectivity index (χ3v) is 3.92. The molecule has 1 aromatic heterocycles. The molecular weight excluding hydrogens is 345 g/mol. The Morgan fingerprint density at radius 3 is 2.60 bits per heavy atom. The number of aliphatic carboxylic acids is 1. The van der Waals surface area contributed by atoms with Gasteiger partial charge in [0.25, 0.3) is 0 Å². The highest BCUT2D eigenvalue weighted by Crippen LogP contribution is 2.38. The van der Waals surface area contributed by atoms with E-state index in [1.165, 1.54) is 19.2 Å². The van der Waals surface area contributed by atoms with E-state index in [1.807, 2.05) is 0 Å². The summed E-state index contributed by atoms with van der Waals surface area (Å²) in [5.74, 6) is -3.91. The van der Waals surface area contributed by atoms with Gasteiger partial charge in [-0.15, -0.1) is 0 Å². The first kappa shape index (κ1) is 17.1. The molecule has 1 aliphatic rings. The van der Waals surface area contributed by atoms with E-state index < -0.39 is 29.9 Å². The Morgan fingerprint density at radius 1 is 1.28 bits per heavy atom. The van der Waals surface area contributed by atoms with Gasteiger partial charge in [-0.25, -0.2) is 4.79 Å². The van der Waals surface area contributed by atoms with Gasteiger partial charge in [0.1, 0.15) is 6.04 Å². The maximum Gasteiger partial charge on any atom is 0.491 e. The molecule has 0 radical (unpaired) electrons. The van der Waals surface area contributed by atoms with E-state index in [2.05, 4.69) is 15.0 Å². The normalized spacial score (nSPS) is 17.2. The average molecular weight is 358 g/mol. The van der Waals surface area contributed by atoms with Crippen LogP contribution in [0.1, 0.15) is 17.3 Å². The number of rotatable bonds is 3. The van der Waals surface area contributed by atoms with Gasteiger partial charge in [-0.3, -0.25) is 10.1 Å². The van der Waals surface area contributed by atoms with Crippen molar-refractivity contribution in [2.45, 2.75) is 18.6 Å². The third-order valence-electron chi connectivity index (χ3n) is 3.92. The Hall–Kier alpha value is -2.75. The lowest BCUT2D eigenvalue weighted by Gasteiger charge is -2.20. The van der Waals surface area contributed by atoms with Crippen molar-refractivity contribution in [1.82, 2.24) is 10.3 Å². The van der Waals surface area contributed by atoms with Gasteiger partial charge in [-0.05, 0) is 18.1 Å². The molecule has 0 saturated heterocycles. The van der Waals surface area contributed by atoms with Crippen LogP contribution in [0.25, 0.3) is 10.9 Å². The zero-order valence-corrected chi connectivity index (χ0v) is 12.9. The Morgan fingerprint density at radius 2 is 2.00 bits per heavy atom. The van der Waals surface area contributed by atoms with Crippen molar-refractivity contribution >= 4 is 22.8 Å². The van der Waals surface area contributed by atoms with Gasteiger partial charge >= 0.3 is 18.1 Å². The van der Waals surface area contributed by atoms with Gasteiger partial charge in [0.15, 0.2) is 11.5 Å². The van der Waals surface area contributed by atoms with Crippen molar-refractivity contribution in [1.29, 1.82) is 0 Å². The van der Waals surface area contributed by atoms with Gasteiger partial charge in [-0.1, -0.05) is 0 Å². The van der Waals surface area contributed by atoms with Crippen LogP contribution in [0.4, 0.5) is 13.2 Å². The average Bonchev–Trinajstić information content (AvgIpc) is 2.90. The number of fused-ring (bicyclic) bond motifs is 3. The highest BCUT2D eigenvalue weighted by Gasteiger charge is 2.42. The summed E-state index contributed by atoms with van der Waals surface area (Å²) in [6.45, 7) is 0.435. The number of alkyl halides is 3. The van der Waals surface area contributed by atoms with Crippen molar-refractivity contribution in [2.75, 3.05) is 13.7 Å². The van der Waals surface area contributed by atoms with Crippen LogP contribution < -0.4 is 14.8 Å². The number of nitrogens with one attached hydrogen (secondary N) is 2. The lowest BCUT2D eigenvalue weighted by molar-refractivity contribution is -0.189. The molecule has 10 heteroatoms. The monoisotopic (exact) mass is 358 g/mol. The Balaban J connectivity index is 2.10. The zero-order valence-electron chi connectivity index (χ0n) is 12.9. The second kappa shape index (κ2) is 5.96. The van der Waals surface area contributed by atoms with Gasteiger partial charge < -0.3 is 19.6 Å². The van der Waals surface area contributed by atoms with Crippen LogP contribution in [0.15, 0.2) is 12.1 Å². The Bertz CT molecular complexity index is 859. The first-order valence-corrected chi connectivity index (χ1v) is 7.20. The van der Waals surface area contributed by atoms with E-state index >= 15 is 0 Å². The summed E-state index contributed by atoms with van der Waals surface area (Å²) in [4.78, 5) is 25.3. The topological polar surface area (TPSA) is 101 Å². The van der Waals surface area contributed by atoms with Crippen LogP contribution in [-0.2, 0) is 16.0 Å². The number of halogens is 3. The van der Waals surface area contributed by atoms with Crippen LogP contribution >= 0.6 is 0 Å². The van der Waals surface area contributed by atoms with Crippen LogP contribution in [0.5, 0.6) is 11.5 Å². The fourth-order valence-corrected chi connectivity index (χ4v) is 2.85. The predicted octanol–water partition coefficient (Wildman–Crippen LogP) is 1.92. The molecule has 1 atom stereocenters. The molecule has 3 rings (SSSR count). The number of aromatic amines is 1. The molecule has 0 amide bonds. The maximum atomic E-state index is 12.4. The predicted molar refractivity (Wildman–Crippen MR) is 78.6 cm³/mol. The minimum atomic E-state index is -5.15. The zero-order chi connectivity index (χ0) is 18.4. The minimum Gasteiger partial charge on any atom is -0.493 e. The number of carbonyl (C=O) groups is 2. The minimum absolute atomic E-state index is 0.0580. The number of H-pyrrole nitrogens is 1. The van der Waals surface area contributed by atoms with E-state index in [-0.39, 0.29) is 5.75 Å². The number of carboxylic acid groups (broad SMARTS) is 1. The molecular formula is C15H13F3N2O5. The smallest absolute Gasteiger partial charge is 0.491 e. The summed E-state index contributed by atoms with van der Waals surface area (Å²) in [6.07, 6.45) is -4.61. The fourth-order valence-electron chi connectivity index (χ4n) is 2.85. The van der Waals surface area contributed by atoms with E-state index in [1.54, 1.807) is 0 Å². The van der Waals surface area contributed by atoms with Gasteiger partial charge in [0.2, 0.25) is 0 Å². The maximum absolute atomic E-state index is 12.4. The van der Waals surface area contributed by atoms with Crippen molar-refractivity contribution in [3.63, 3.8) is 0 Å². The Kier molecular flexibility index (Phi) is 4.07. The molecule has 25 heavy (non-hydrogen) atoms. The largest absolute Gasteiger partial charge is 0.493 e. The van der Waals surface area contributed by atoms with E-state index in [0.29, 0.717) is 29.6 Å². The number of methoxy groups -OCH3 is 1. The summed E-state index contributed by atoms with van der Waals surface area (Å²) >= 11 is 0. The molecule has 0 bridgehead atoms. The summed E-state index contributed by atoms with van der Waals surface area (Å²) in [7, 11) is 1.23. The molecule has 134 valence electrons. The van der Waals surface area contributed by atoms with Crippen molar-refractivity contribution < 1.29 is 37.3 Å².